The lowest BCUT2D eigenvalue weighted by Crippen LogP contribution is -2.40. The maximum absolute atomic E-state index is 12.6. The third kappa shape index (κ3) is 4.00. The lowest BCUT2D eigenvalue weighted by atomic mass is 10.4. The molecule has 0 saturated carbocycles. The van der Waals surface area contributed by atoms with E-state index in [4.69, 9.17) is 4.74 Å². The second kappa shape index (κ2) is 7.35. The molecule has 0 spiro atoms. The molecule has 19 heavy (non-hydrogen) atoms. The van der Waals surface area contributed by atoms with E-state index < -0.39 is 10.0 Å². The van der Waals surface area contributed by atoms with E-state index in [2.05, 4.69) is 5.32 Å². The third-order valence-corrected chi connectivity index (χ3v) is 6.40. The Morgan fingerprint density at radius 2 is 2.16 bits per heavy atom. The molecule has 0 aliphatic carbocycles. The summed E-state index contributed by atoms with van der Waals surface area (Å²) < 4.78 is 32.0. The molecule has 7 heteroatoms. The Balaban J connectivity index is 2.99. The summed E-state index contributed by atoms with van der Waals surface area (Å²) in [7, 11) is -0.00928. The number of rotatable bonds is 8. The van der Waals surface area contributed by atoms with Gasteiger partial charge in [0, 0.05) is 31.1 Å². The summed E-state index contributed by atoms with van der Waals surface area (Å²) in [6.45, 7) is 5.20. The molecule has 0 aromatic carbocycles. The summed E-state index contributed by atoms with van der Waals surface area (Å²) in [5.41, 5.74) is 0. The Kier molecular flexibility index (Phi) is 6.41. The molecule has 0 radical (unpaired) electrons. The van der Waals surface area contributed by atoms with Crippen molar-refractivity contribution in [1.29, 1.82) is 0 Å². The molecule has 1 atom stereocenters. The summed E-state index contributed by atoms with van der Waals surface area (Å²) in [5, 5.41) is 3.02. The van der Waals surface area contributed by atoms with Crippen LogP contribution in [0.1, 0.15) is 18.7 Å². The third-order valence-electron chi connectivity index (χ3n) is 2.76. The average molecular weight is 306 g/mol. The van der Waals surface area contributed by atoms with E-state index in [1.54, 1.807) is 13.2 Å². The number of hydrogen-bond acceptors (Lipinski definition) is 5. The fourth-order valence-corrected chi connectivity index (χ4v) is 5.05. The van der Waals surface area contributed by atoms with Crippen molar-refractivity contribution in [2.24, 2.45) is 0 Å². The van der Waals surface area contributed by atoms with E-state index >= 15 is 0 Å². The molecule has 0 bridgehead atoms. The monoisotopic (exact) mass is 306 g/mol. The summed E-state index contributed by atoms with van der Waals surface area (Å²) >= 11 is 1.31. The Bertz CT molecular complexity index is 485. The van der Waals surface area contributed by atoms with Crippen molar-refractivity contribution in [3.8, 4) is 0 Å². The number of ether oxygens (including phenoxy) is 1. The van der Waals surface area contributed by atoms with Crippen molar-refractivity contribution in [2.45, 2.75) is 30.6 Å². The van der Waals surface area contributed by atoms with Crippen LogP contribution in [0.5, 0.6) is 0 Å². The average Bonchev–Trinajstić information content (AvgIpc) is 2.79. The number of sulfonamides is 1. The smallest absolute Gasteiger partial charge is 0.252 e. The molecule has 1 N–H and O–H groups in total. The van der Waals surface area contributed by atoms with Gasteiger partial charge < -0.3 is 10.1 Å². The lowest BCUT2D eigenvalue weighted by Gasteiger charge is -2.25. The zero-order valence-corrected chi connectivity index (χ0v) is 13.5. The highest BCUT2D eigenvalue weighted by molar-refractivity contribution is 7.91. The normalized spacial score (nSPS) is 13.9. The number of likely N-dealkylation sites (N-methyl/N-ethyl adjacent to an activating group) is 1. The predicted molar refractivity (Wildman–Crippen MR) is 78.0 cm³/mol. The maximum atomic E-state index is 12.6. The maximum Gasteiger partial charge on any atom is 0.252 e. The van der Waals surface area contributed by atoms with E-state index in [0.29, 0.717) is 23.9 Å². The predicted octanol–water partition coefficient (Wildman–Crippen LogP) is 1.51. The van der Waals surface area contributed by atoms with Crippen LogP contribution in [0.4, 0.5) is 0 Å². The number of nitrogens with zero attached hydrogens (tertiary/aromatic N) is 1. The van der Waals surface area contributed by atoms with E-state index in [1.165, 1.54) is 15.6 Å². The van der Waals surface area contributed by atoms with Crippen LogP contribution >= 0.6 is 11.3 Å². The van der Waals surface area contributed by atoms with Gasteiger partial charge >= 0.3 is 0 Å². The van der Waals surface area contributed by atoms with Crippen molar-refractivity contribution < 1.29 is 13.2 Å². The van der Waals surface area contributed by atoms with E-state index in [9.17, 15) is 8.42 Å². The summed E-state index contributed by atoms with van der Waals surface area (Å²) in [4.78, 5) is 1.01. The van der Waals surface area contributed by atoms with E-state index in [1.807, 2.05) is 27.0 Å². The van der Waals surface area contributed by atoms with Gasteiger partial charge in [0.05, 0.1) is 6.61 Å². The Morgan fingerprint density at radius 3 is 2.68 bits per heavy atom. The van der Waals surface area contributed by atoms with E-state index in [-0.39, 0.29) is 6.04 Å². The van der Waals surface area contributed by atoms with Crippen molar-refractivity contribution in [3.05, 3.63) is 17.0 Å². The molecule has 1 rings (SSSR count). The highest BCUT2D eigenvalue weighted by Crippen LogP contribution is 2.26. The van der Waals surface area contributed by atoms with Crippen LogP contribution in [0.15, 0.2) is 16.3 Å². The van der Waals surface area contributed by atoms with Crippen molar-refractivity contribution in [2.75, 3.05) is 27.3 Å². The molecular formula is C12H22N2O3S2. The van der Waals surface area contributed by atoms with Crippen LogP contribution in [0.3, 0.4) is 0 Å². The number of nitrogens with one attached hydrogen (secondary N) is 1. The summed E-state index contributed by atoms with van der Waals surface area (Å²) in [6, 6.07) is 3.35. The molecule has 5 nitrogen and oxygen atoms in total. The highest BCUT2D eigenvalue weighted by Gasteiger charge is 2.28. The largest absolute Gasteiger partial charge is 0.383 e. The summed E-state index contributed by atoms with van der Waals surface area (Å²) in [5.74, 6) is 0. The first kappa shape index (κ1) is 16.6. The van der Waals surface area contributed by atoms with Crippen LogP contribution in [0.25, 0.3) is 0 Å². The fourth-order valence-electron chi connectivity index (χ4n) is 1.92. The van der Waals surface area contributed by atoms with Crippen molar-refractivity contribution in [3.63, 3.8) is 0 Å². The van der Waals surface area contributed by atoms with E-state index in [0.717, 1.165) is 4.88 Å². The van der Waals surface area contributed by atoms with Crippen molar-refractivity contribution in [1.82, 2.24) is 9.62 Å². The summed E-state index contributed by atoms with van der Waals surface area (Å²) in [6.07, 6.45) is 0. The minimum atomic E-state index is -3.43. The van der Waals surface area contributed by atoms with Crippen LogP contribution < -0.4 is 5.32 Å². The highest BCUT2D eigenvalue weighted by atomic mass is 32.2. The van der Waals surface area contributed by atoms with Crippen LogP contribution in [-0.2, 0) is 21.3 Å². The van der Waals surface area contributed by atoms with Gasteiger partial charge in [-0.1, -0.05) is 6.92 Å². The molecule has 1 aromatic heterocycles. The molecule has 1 heterocycles. The molecule has 0 aliphatic heterocycles. The standard InChI is InChI=1S/C12H22N2O3S2/c1-5-14(10(2)9-17-4)19(15,16)12-7-6-11(18-12)8-13-3/h6-7,10,13H,5,8-9H2,1-4H3. The molecule has 0 amide bonds. The van der Waals surface area contributed by atoms with Gasteiger partial charge in [0.15, 0.2) is 0 Å². The fraction of sp³-hybridized carbons (Fsp3) is 0.667. The molecule has 110 valence electrons. The Labute approximate surface area is 119 Å². The molecular weight excluding hydrogens is 284 g/mol. The quantitative estimate of drug-likeness (QED) is 0.791. The van der Waals surface area contributed by atoms with Gasteiger partial charge in [0.2, 0.25) is 0 Å². The number of methoxy groups -OCH3 is 1. The van der Waals surface area contributed by atoms with Crippen LogP contribution in [-0.4, -0.2) is 46.1 Å². The SMILES string of the molecule is CCN(C(C)COC)S(=O)(=O)c1ccc(CNC)s1. The first-order valence-electron chi connectivity index (χ1n) is 6.21. The second-order valence-corrected chi connectivity index (χ2v) is 7.55. The zero-order valence-electron chi connectivity index (χ0n) is 11.8. The Hall–Kier alpha value is -0.470. The van der Waals surface area contributed by atoms with Crippen LogP contribution in [0, 0.1) is 0 Å². The molecule has 0 aliphatic rings. The van der Waals surface area contributed by atoms with Gasteiger partial charge in [0.1, 0.15) is 4.21 Å². The number of thiophene rings is 1. The lowest BCUT2D eigenvalue weighted by molar-refractivity contribution is 0.143. The second-order valence-electron chi connectivity index (χ2n) is 4.26. The molecule has 0 fully saturated rings. The first-order valence-corrected chi connectivity index (χ1v) is 8.47. The molecule has 1 unspecified atom stereocenters. The van der Waals surface area contributed by atoms with Gasteiger partial charge in [0.25, 0.3) is 10.0 Å². The molecule has 0 saturated heterocycles. The van der Waals surface area contributed by atoms with Crippen LogP contribution in [0.2, 0.25) is 0 Å². The topological polar surface area (TPSA) is 58.6 Å². The van der Waals surface area contributed by atoms with Gasteiger partial charge in [-0.15, -0.1) is 11.3 Å². The molecule has 1 aromatic rings. The van der Waals surface area contributed by atoms with Crippen molar-refractivity contribution >= 4 is 21.4 Å². The number of hydrogen-bond donors (Lipinski definition) is 1. The zero-order chi connectivity index (χ0) is 14.5. The Morgan fingerprint density at radius 1 is 1.47 bits per heavy atom. The van der Waals surface area contributed by atoms with Gasteiger partial charge in [-0.3, -0.25) is 0 Å². The van der Waals surface area contributed by atoms with Gasteiger partial charge in [-0.25, -0.2) is 8.42 Å². The van der Waals surface area contributed by atoms with Gasteiger partial charge in [-0.2, -0.15) is 4.31 Å². The van der Waals surface area contributed by atoms with Gasteiger partial charge in [-0.05, 0) is 26.1 Å². The minimum Gasteiger partial charge on any atom is -0.383 e. The first-order chi connectivity index (χ1) is 8.97. The minimum absolute atomic E-state index is 0.171.